The molecule has 2 aromatic carbocycles. The summed E-state index contributed by atoms with van der Waals surface area (Å²) < 4.78 is 24.9. The van der Waals surface area contributed by atoms with Crippen molar-refractivity contribution in [1.82, 2.24) is 0 Å². The Bertz CT molecular complexity index is 788. The minimum atomic E-state index is -3.83. The molecule has 0 fully saturated rings. The predicted molar refractivity (Wildman–Crippen MR) is 79.5 cm³/mol. The molecule has 6 nitrogen and oxygen atoms in total. The first kappa shape index (κ1) is 15.3. The topological polar surface area (TPSA) is 89.3 Å². The first-order valence-electron chi connectivity index (χ1n) is 5.83. The van der Waals surface area contributed by atoms with Crippen LogP contribution in [0.25, 0.3) is 0 Å². The van der Waals surface area contributed by atoms with Gasteiger partial charge < -0.3 is 5.32 Å². The number of nitro benzene ring substituents is 1. The lowest BCUT2D eigenvalue weighted by atomic mass is 10.3. The van der Waals surface area contributed by atoms with Crippen molar-refractivity contribution in [2.45, 2.75) is 9.79 Å². The van der Waals surface area contributed by atoms with Crippen molar-refractivity contribution in [1.29, 1.82) is 0 Å². The van der Waals surface area contributed by atoms with Crippen molar-refractivity contribution in [3.05, 3.63) is 57.6 Å². The smallest absolute Gasteiger partial charge is 0.289 e. The summed E-state index contributed by atoms with van der Waals surface area (Å²) in [5, 5.41) is 13.6. The molecule has 0 aromatic heterocycles. The van der Waals surface area contributed by atoms with Gasteiger partial charge in [0, 0.05) is 18.8 Å². The molecule has 0 aliphatic carbocycles. The van der Waals surface area contributed by atoms with E-state index in [1.165, 1.54) is 24.3 Å². The fraction of sp³-hybridized carbons (Fsp3) is 0.0769. The van der Waals surface area contributed by atoms with Crippen LogP contribution in [0.3, 0.4) is 0 Å². The zero-order chi connectivity index (χ0) is 15.6. The minimum absolute atomic E-state index is 0.0538. The van der Waals surface area contributed by atoms with Crippen LogP contribution in [0.4, 0.5) is 11.4 Å². The molecule has 8 heteroatoms. The van der Waals surface area contributed by atoms with Gasteiger partial charge in [-0.15, -0.1) is 0 Å². The number of benzene rings is 2. The highest BCUT2D eigenvalue weighted by molar-refractivity contribution is 7.91. The van der Waals surface area contributed by atoms with Gasteiger partial charge in [-0.1, -0.05) is 11.6 Å². The quantitative estimate of drug-likeness (QED) is 0.688. The molecule has 0 bridgehead atoms. The van der Waals surface area contributed by atoms with Gasteiger partial charge in [0.25, 0.3) is 5.69 Å². The van der Waals surface area contributed by atoms with Crippen LogP contribution < -0.4 is 5.32 Å². The molecule has 0 radical (unpaired) electrons. The molecule has 0 saturated carbocycles. The number of sulfone groups is 1. The summed E-state index contributed by atoms with van der Waals surface area (Å²) in [6.07, 6.45) is 0. The average molecular weight is 327 g/mol. The second-order valence-corrected chi connectivity index (χ2v) is 6.51. The van der Waals surface area contributed by atoms with Crippen molar-refractivity contribution in [2.24, 2.45) is 0 Å². The second kappa shape index (κ2) is 5.71. The van der Waals surface area contributed by atoms with Crippen molar-refractivity contribution < 1.29 is 13.3 Å². The van der Waals surface area contributed by atoms with E-state index in [0.717, 1.165) is 11.8 Å². The molecule has 1 N–H and O–H groups in total. The van der Waals surface area contributed by atoms with Crippen molar-refractivity contribution >= 4 is 32.8 Å². The molecular formula is C13H11ClN2O4S. The summed E-state index contributed by atoms with van der Waals surface area (Å²) in [5.74, 6) is 0. The first-order chi connectivity index (χ1) is 9.86. The van der Waals surface area contributed by atoms with Crippen LogP contribution in [0.15, 0.2) is 52.3 Å². The van der Waals surface area contributed by atoms with Crippen LogP contribution in [-0.4, -0.2) is 20.4 Å². The maximum Gasteiger partial charge on any atom is 0.289 e. The summed E-state index contributed by atoms with van der Waals surface area (Å²) >= 11 is 5.68. The van der Waals surface area contributed by atoms with Gasteiger partial charge in [0.1, 0.15) is 5.02 Å². The number of nitro groups is 1. The molecule has 0 unspecified atom stereocenters. The van der Waals surface area contributed by atoms with Gasteiger partial charge >= 0.3 is 0 Å². The lowest BCUT2D eigenvalue weighted by Crippen LogP contribution is -2.03. The summed E-state index contributed by atoms with van der Waals surface area (Å²) in [7, 11) is -2.11. The Hall–Kier alpha value is -2.12. The third-order valence-corrected chi connectivity index (χ3v) is 4.96. The SMILES string of the molecule is CNc1ccc(S(=O)(=O)c2ccc(Cl)c([N+](=O)[O-])c2)cc1. The van der Waals surface area contributed by atoms with Gasteiger partial charge in [0.15, 0.2) is 0 Å². The van der Waals surface area contributed by atoms with Gasteiger partial charge in [-0.3, -0.25) is 10.1 Å². The minimum Gasteiger partial charge on any atom is -0.388 e. The fourth-order valence-electron chi connectivity index (χ4n) is 1.74. The molecule has 2 aromatic rings. The molecule has 0 amide bonds. The normalized spacial score (nSPS) is 11.1. The molecule has 0 atom stereocenters. The number of nitrogens with one attached hydrogen (secondary N) is 1. The van der Waals surface area contributed by atoms with Crippen LogP contribution in [0.2, 0.25) is 5.02 Å². The average Bonchev–Trinajstić information content (AvgIpc) is 2.47. The van der Waals surface area contributed by atoms with E-state index in [0.29, 0.717) is 0 Å². The first-order valence-corrected chi connectivity index (χ1v) is 7.69. The zero-order valence-corrected chi connectivity index (χ0v) is 12.5. The lowest BCUT2D eigenvalue weighted by molar-refractivity contribution is -0.384. The van der Waals surface area contributed by atoms with Crippen LogP contribution in [0.1, 0.15) is 0 Å². The van der Waals surface area contributed by atoms with E-state index in [2.05, 4.69) is 5.32 Å². The Kier molecular flexibility index (Phi) is 4.15. The highest BCUT2D eigenvalue weighted by Crippen LogP contribution is 2.30. The third-order valence-electron chi connectivity index (χ3n) is 2.88. The fourth-order valence-corrected chi connectivity index (χ4v) is 3.20. The van der Waals surface area contributed by atoms with Gasteiger partial charge in [-0.2, -0.15) is 0 Å². The number of nitrogens with zero attached hydrogens (tertiary/aromatic N) is 1. The van der Waals surface area contributed by atoms with Crippen molar-refractivity contribution in [2.75, 3.05) is 12.4 Å². The van der Waals surface area contributed by atoms with Gasteiger partial charge in [-0.05, 0) is 36.4 Å². The van der Waals surface area contributed by atoms with Crippen molar-refractivity contribution in [3.8, 4) is 0 Å². The van der Waals surface area contributed by atoms with E-state index in [-0.39, 0.29) is 14.8 Å². The number of anilines is 1. The molecule has 0 saturated heterocycles. The van der Waals surface area contributed by atoms with E-state index >= 15 is 0 Å². The summed E-state index contributed by atoms with van der Waals surface area (Å²) in [4.78, 5) is 10.0. The van der Waals surface area contributed by atoms with E-state index in [9.17, 15) is 18.5 Å². The Balaban J connectivity index is 2.53. The standard InChI is InChI=1S/C13H11ClN2O4S/c1-15-9-2-4-10(5-3-9)21(19,20)11-6-7-12(14)13(8-11)16(17)18/h2-8,15H,1H3. The maximum absolute atomic E-state index is 12.4. The monoisotopic (exact) mass is 326 g/mol. The number of hydrogen-bond acceptors (Lipinski definition) is 5. The summed E-state index contributed by atoms with van der Waals surface area (Å²) in [6, 6.07) is 9.49. The summed E-state index contributed by atoms with van der Waals surface area (Å²) in [6.45, 7) is 0. The van der Waals surface area contributed by atoms with Crippen LogP contribution in [0.5, 0.6) is 0 Å². The predicted octanol–water partition coefficient (Wildman–Crippen LogP) is 3.12. The summed E-state index contributed by atoms with van der Waals surface area (Å²) in [5.41, 5.74) is 0.320. The third kappa shape index (κ3) is 2.98. The molecular weight excluding hydrogens is 316 g/mol. The Labute approximate surface area is 126 Å². The Morgan fingerprint density at radius 3 is 2.19 bits per heavy atom. The molecule has 0 spiro atoms. The second-order valence-electron chi connectivity index (χ2n) is 4.15. The molecule has 0 aliphatic rings. The highest BCUT2D eigenvalue weighted by Gasteiger charge is 2.22. The van der Waals surface area contributed by atoms with Gasteiger partial charge in [0.2, 0.25) is 9.84 Å². The van der Waals surface area contributed by atoms with E-state index in [1.54, 1.807) is 19.2 Å². The number of hydrogen-bond donors (Lipinski definition) is 1. The van der Waals surface area contributed by atoms with Crippen LogP contribution >= 0.6 is 11.6 Å². The molecule has 110 valence electrons. The lowest BCUT2D eigenvalue weighted by Gasteiger charge is -2.06. The highest BCUT2D eigenvalue weighted by atomic mass is 35.5. The Morgan fingerprint density at radius 2 is 1.67 bits per heavy atom. The van der Waals surface area contributed by atoms with Gasteiger partial charge in [0.05, 0.1) is 14.7 Å². The number of rotatable bonds is 4. The van der Waals surface area contributed by atoms with Crippen molar-refractivity contribution in [3.63, 3.8) is 0 Å². The van der Waals surface area contributed by atoms with Crippen LogP contribution in [0, 0.1) is 10.1 Å². The molecule has 2 rings (SSSR count). The molecule has 0 heterocycles. The zero-order valence-electron chi connectivity index (χ0n) is 10.9. The van der Waals surface area contributed by atoms with Gasteiger partial charge in [-0.25, -0.2) is 8.42 Å². The van der Waals surface area contributed by atoms with E-state index in [4.69, 9.17) is 11.6 Å². The van der Waals surface area contributed by atoms with E-state index < -0.39 is 20.4 Å². The van der Waals surface area contributed by atoms with Crippen LogP contribution in [-0.2, 0) is 9.84 Å². The molecule has 0 aliphatic heterocycles. The molecule has 21 heavy (non-hydrogen) atoms. The van der Waals surface area contributed by atoms with E-state index in [1.807, 2.05) is 0 Å². The largest absolute Gasteiger partial charge is 0.388 e. The Morgan fingerprint density at radius 1 is 1.10 bits per heavy atom. The number of halogens is 1. The maximum atomic E-state index is 12.4.